The average Bonchev–Trinajstić information content (AvgIpc) is 2.99. The second-order valence-corrected chi connectivity index (χ2v) is 6.41. The standard InChI is InChI=1S/C14H18BrN5O/c1-14(2,20-8-6-16-7-9-20)13-18-12(21-19-13)11-10(15)4-3-5-17-11/h3-5,16H,6-9H2,1-2H3. The molecular formula is C14H18BrN5O. The Morgan fingerprint density at radius 3 is 2.81 bits per heavy atom. The van der Waals surface area contributed by atoms with Gasteiger partial charge in [-0.1, -0.05) is 5.16 Å². The number of nitrogens with one attached hydrogen (secondary N) is 1. The van der Waals surface area contributed by atoms with Crippen molar-refractivity contribution >= 4 is 15.9 Å². The summed E-state index contributed by atoms with van der Waals surface area (Å²) in [6, 6.07) is 3.77. The summed E-state index contributed by atoms with van der Waals surface area (Å²) in [6.45, 7) is 8.18. The van der Waals surface area contributed by atoms with E-state index in [-0.39, 0.29) is 5.54 Å². The summed E-state index contributed by atoms with van der Waals surface area (Å²) < 4.78 is 6.26. The van der Waals surface area contributed by atoms with E-state index in [1.807, 2.05) is 12.1 Å². The van der Waals surface area contributed by atoms with E-state index in [0.29, 0.717) is 17.4 Å². The first kappa shape index (κ1) is 14.6. The highest BCUT2D eigenvalue weighted by Crippen LogP contribution is 2.29. The number of piperazine rings is 1. The predicted octanol–water partition coefficient (Wildman–Crippen LogP) is 2.03. The van der Waals surface area contributed by atoms with Crippen LogP contribution in [0.1, 0.15) is 19.7 Å². The maximum atomic E-state index is 5.41. The van der Waals surface area contributed by atoms with Gasteiger partial charge in [0.05, 0.1) is 5.54 Å². The molecule has 0 bridgehead atoms. The van der Waals surface area contributed by atoms with Crippen LogP contribution in [0.25, 0.3) is 11.6 Å². The number of halogens is 1. The van der Waals surface area contributed by atoms with Gasteiger partial charge in [-0.3, -0.25) is 4.90 Å². The van der Waals surface area contributed by atoms with E-state index in [0.717, 1.165) is 30.7 Å². The third-order valence-electron chi connectivity index (χ3n) is 3.84. The molecule has 0 aliphatic carbocycles. The Labute approximate surface area is 132 Å². The monoisotopic (exact) mass is 351 g/mol. The average molecular weight is 352 g/mol. The molecule has 1 N–H and O–H groups in total. The van der Waals surface area contributed by atoms with Crippen molar-refractivity contribution in [3.63, 3.8) is 0 Å². The molecule has 3 rings (SSSR count). The Morgan fingerprint density at radius 1 is 1.33 bits per heavy atom. The number of rotatable bonds is 3. The molecule has 2 aromatic heterocycles. The highest BCUT2D eigenvalue weighted by atomic mass is 79.9. The molecule has 3 heterocycles. The zero-order valence-corrected chi connectivity index (χ0v) is 13.7. The van der Waals surface area contributed by atoms with E-state index in [4.69, 9.17) is 4.52 Å². The Bertz CT molecular complexity index is 621. The molecule has 7 heteroatoms. The van der Waals surface area contributed by atoms with Crippen LogP contribution >= 0.6 is 15.9 Å². The SMILES string of the molecule is CC(C)(c1noc(-c2ncccc2Br)n1)N1CCNCC1. The Hall–Kier alpha value is -1.31. The number of nitrogens with zero attached hydrogens (tertiary/aromatic N) is 4. The molecule has 0 amide bonds. The molecule has 1 saturated heterocycles. The van der Waals surface area contributed by atoms with Gasteiger partial charge in [0.2, 0.25) is 0 Å². The second kappa shape index (κ2) is 5.82. The van der Waals surface area contributed by atoms with E-state index >= 15 is 0 Å². The molecule has 21 heavy (non-hydrogen) atoms. The second-order valence-electron chi connectivity index (χ2n) is 5.55. The number of hydrogen-bond donors (Lipinski definition) is 1. The molecule has 0 aromatic carbocycles. The number of hydrogen-bond acceptors (Lipinski definition) is 6. The largest absolute Gasteiger partial charge is 0.332 e. The molecule has 0 atom stereocenters. The Balaban J connectivity index is 1.89. The summed E-state index contributed by atoms with van der Waals surface area (Å²) in [5.41, 5.74) is 0.415. The fourth-order valence-electron chi connectivity index (χ4n) is 2.48. The van der Waals surface area contributed by atoms with E-state index < -0.39 is 0 Å². The van der Waals surface area contributed by atoms with Crippen LogP contribution in [0, 0.1) is 0 Å². The zero-order valence-electron chi connectivity index (χ0n) is 12.1. The molecule has 6 nitrogen and oxygen atoms in total. The minimum Gasteiger partial charge on any atom is -0.332 e. The van der Waals surface area contributed by atoms with E-state index in [2.05, 4.69) is 55.1 Å². The van der Waals surface area contributed by atoms with Gasteiger partial charge in [-0.05, 0) is 41.9 Å². The number of aromatic nitrogens is 3. The lowest BCUT2D eigenvalue weighted by atomic mass is 10.0. The third kappa shape index (κ3) is 2.86. The number of pyridine rings is 1. The van der Waals surface area contributed by atoms with E-state index in [1.165, 1.54) is 0 Å². The summed E-state index contributed by atoms with van der Waals surface area (Å²) in [6.07, 6.45) is 1.71. The summed E-state index contributed by atoms with van der Waals surface area (Å²) in [4.78, 5) is 11.2. The molecule has 0 spiro atoms. The highest BCUT2D eigenvalue weighted by molar-refractivity contribution is 9.10. The fourth-order valence-corrected chi connectivity index (χ4v) is 2.90. The van der Waals surface area contributed by atoms with Crippen LogP contribution in [0.2, 0.25) is 0 Å². The van der Waals surface area contributed by atoms with Gasteiger partial charge < -0.3 is 9.84 Å². The van der Waals surface area contributed by atoms with Gasteiger partial charge in [-0.25, -0.2) is 4.98 Å². The van der Waals surface area contributed by atoms with Crippen LogP contribution in [-0.4, -0.2) is 46.2 Å². The van der Waals surface area contributed by atoms with Crippen molar-refractivity contribution in [3.8, 4) is 11.6 Å². The van der Waals surface area contributed by atoms with Crippen molar-refractivity contribution in [1.82, 2.24) is 25.3 Å². The first-order valence-electron chi connectivity index (χ1n) is 7.00. The smallest absolute Gasteiger partial charge is 0.277 e. The van der Waals surface area contributed by atoms with Crippen molar-refractivity contribution < 1.29 is 4.52 Å². The maximum Gasteiger partial charge on any atom is 0.277 e. The van der Waals surface area contributed by atoms with Crippen LogP contribution in [-0.2, 0) is 5.54 Å². The van der Waals surface area contributed by atoms with Crippen molar-refractivity contribution in [2.75, 3.05) is 26.2 Å². The highest BCUT2D eigenvalue weighted by Gasteiger charge is 2.34. The molecule has 0 radical (unpaired) electrons. The molecule has 1 aliphatic rings. The molecule has 112 valence electrons. The van der Waals surface area contributed by atoms with Crippen LogP contribution in [0.15, 0.2) is 27.3 Å². The minimum atomic E-state index is -0.259. The van der Waals surface area contributed by atoms with Gasteiger partial charge in [0, 0.05) is 36.8 Å². The van der Waals surface area contributed by atoms with Crippen molar-refractivity contribution in [3.05, 3.63) is 28.6 Å². The predicted molar refractivity (Wildman–Crippen MR) is 82.7 cm³/mol. The Kier molecular flexibility index (Phi) is 4.05. The molecular weight excluding hydrogens is 334 g/mol. The van der Waals surface area contributed by atoms with Crippen LogP contribution in [0.3, 0.4) is 0 Å². The quantitative estimate of drug-likeness (QED) is 0.912. The van der Waals surface area contributed by atoms with Crippen LogP contribution in [0.4, 0.5) is 0 Å². The molecule has 1 fully saturated rings. The molecule has 0 unspecified atom stereocenters. The summed E-state index contributed by atoms with van der Waals surface area (Å²) in [5, 5.41) is 7.53. The molecule has 0 saturated carbocycles. The van der Waals surface area contributed by atoms with Crippen LogP contribution in [0.5, 0.6) is 0 Å². The van der Waals surface area contributed by atoms with Crippen molar-refractivity contribution in [2.24, 2.45) is 0 Å². The lowest BCUT2D eigenvalue weighted by molar-refractivity contribution is 0.0925. The van der Waals surface area contributed by atoms with Gasteiger partial charge in [-0.15, -0.1) is 0 Å². The van der Waals surface area contributed by atoms with Crippen molar-refractivity contribution in [2.45, 2.75) is 19.4 Å². The topological polar surface area (TPSA) is 67.1 Å². The Morgan fingerprint density at radius 2 is 2.10 bits per heavy atom. The first-order valence-corrected chi connectivity index (χ1v) is 7.79. The summed E-state index contributed by atoms with van der Waals surface area (Å²) in [7, 11) is 0. The lowest BCUT2D eigenvalue weighted by Crippen LogP contribution is -2.52. The zero-order chi connectivity index (χ0) is 14.9. The first-order chi connectivity index (χ1) is 10.1. The minimum absolute atomic E-state index is 0.259. The van der Waals surface area contributed by atoms with Gasteiger partial charge in [0.1, 0.15) is 5.69 Å². The normalized spacial score (nSPS) is 17.1. The van der Waals surface area contributed by atoms with Crippen LogP contribution < -0.4 is 5.32 Å². The lowest BCUT2D eigenvalue weighted by Gasteiger charge is -2.38. The van der Waals surface area contributed by atoms with Gasteiger partial charge in [0.15, 0.2) is 5.82 Å². The molecule has 2 aromatic rings. The van der Waals surface area contributed by atoms with Gasteiger partial charge in [0.25, 0.3) is 5.89 Å². The van der Waals surface area contributed by atoms with E-state index in [1.54, 1.807) is 6.20 Å². The summed E-state index contributed by atoms with van der Waals surface area (Å²) in [5.74, 6) is 1.14. The van der Waals surface area contributed by atoms with E-state index in [9.17, 15) is 0 Å². The molecule has 1 aliphatic heterocycles. The van der Waals surface area contributed by atoms with Gasteiger partial charge in [-0.2, -0.15) is 4.98 Å². The third-order valence-corrected chi connectivity index (χ3v) is 4.48. The van der Waals surface area contributed by atoms with Gasteiger partial charge >= 0.3 is 0 Å². The fraction of sp³-hybridized carbons (Fsp3) is 0.500. The van der Waals surface area contributed by atoms with Crippen molar-refractivity contribution in [1.29, 1.82) is 0 Å². The summed E-state index contributed by atoms with van der Waals surface area (Å²) >= 11 is 3.46. The maximum absolute atomic E-state index is 5.41.